The molecular weight excluding hydrogens is 807 g/mol. The maximum atomic E-state index is 2.54. The second kappa shape index (κ2) is 14.9. The number of hydrogen-bond donors (Lipinski definition) is 0. The largest absolute Gasteiger partial charge is 0.309 e. The summed E-state index contributed by atoms with van der Waals surface area (Å²) in [5, 5.41) is 17.5. The van der Waals surface area contributed by atoms with Crippen molar-refractivity contribution < 1.29 is 0 Å². The summed E-state index contributed by atoms with van der Waals surface area (Å²) in [5.41, 5.74) is 13.5. The molecule has 0 N–H and O–H groups in total. The Labute approximate surface area is 388 Å². The minimum Gasteiger partial charge on any atom is -0.309 e. The van der Waals surface area contributed by atoms with E-state index in [0.29, 0.717) is 0 Å². The van der Waals surface area contributed by atoms with Crippen LogP contribution in [0.1, 0.15) is 0 Å². The first kappa shape index (κ1) is 37.6. The maximum absolute atomic E-state index is 2.54. The summed E-state index contributed by atoms with van der Waals surface area (Å²) in [4.78, 5) is 0. The standard InChI is InChI=1S/C66H41N/c1-4-22-42(23-5-1)61-49-32-14-18-36-53(49)63(54-37-19-15-33-50(54)61)57-40-59-65(47-30-12-10-28-45(47)57)66-48-31-13-11-29-46(48)58(41-60(66)67(59)44-26-8-3-9-27-44)64-55-38-20-16-34-51(55)62(43-24-6-2-7-25-43)52-35-17-21-39-56(52)64/h1-41H. The molecule has 1 nitrogen and oxygen atoms in total. The van der Waals surface area contributed by atoms with Crippen LogP contribution in [0, 0.1) is 0 Å². The highest BCUT2D eigenvalue weighted by molar-refractivity contribution is 6.35. The van der Waals surface area contributed by atoms with Crippen LogP contribution >= 0.6 is 0 Å². The average Bonchev–Trinajstić information content (AvgIpc) is 3.74. The Bertz CT molecular complexity index is 3920. The lowest BCUT2D eigenvalue weighted by Crippen LogP contribution is -1.96. The monoisotopic (exact) mass is 847 g/mol. The molecule has 67 heavy (non-hydrogen) atoms. The van der Waals surface area contributed by atoms with Crippen molar-refractivity contribution in [1.29, 1.82) is 0 Å². The Balaban J connectivity index is 1.17. The summed E-state index contributed by atoms with van der Waals surface area (Å²) in [5.74, 6) is 0. The Morgan fingerprint density at radius 3 is 0.791 bits per heavy atom. The molecule has 0 atom stereocenters. The van der Waals surface area contributed by atoms with Gasteiger partial charge < -0.3 is 4.57 Å². The molecule has 14 aromatic rings. The number of hydrogen-bond acceptors (Lipinski definition) is 0. The molecule has 1 heteroatoms. The Morgan fingerprint density at radius 1 is 0.209 bits per heavy atom. The van der Waals surface area contributed by atoms with Crippen LogP contribution in [0.3, 0.4) is 0 Å². The number of fused-ring (bicyclic) bond motifs is 11. The van der Waals surface area contributed by atoms with Crippen LogP contribution in [0.25, 0.3) is 137 Å². The zero-order valence-electron chi connectivity index (χ0n) is 36.6. The van der Waals surface area contributed by atoms with Crippen molar-refractivity contribution in [3.8, 4) is 50.2 Å². The number of aromatic nitrogens is 1. The lowest BCUT2D eigenvalue weighted by atomic mass is 9.83. The van der Waals surface area contributed by atoms with E-state index in [2.05, 4.69) is 253 Å². The summed E-state index contributed by atoms with van der Waals surface area (Å²) in [7, 11) is 0. The van der Waals surface area contributed by atoms with Crippen LogP contribution in [-0.4, -0.2) is 4.57 Å². The van der Waals surface area contributed by atoms with E-state index in [-0.39, 0.29) is 0 Å². The predicted octanol–water partition coefficient (Wildman–Crippen LogP) is 18.4. The van der Waals surface area contributed by atoms with Gasteiger partial charge in [-0.3, -0.25) is 0 Å². The average molecular weight is 848 g/mol. The Hall–Kier alpha value is -8.78. The number of benzene rings is 13. The van der Waals surface area contributed by atoms with Crippen molar-refractivity contribution in [2.45, 2.75) is 0 Å². The molecule has 13 aromatic carbocycles. The summed E-state index contributed by atoms with van der Waals surface area (Å²) >= 11 is 0. The lowest BCUT2D eigenvalue weighted by molar-refractivity contribution is 1.18. The minimum atomic E-state index is 1.13. The van der Waals surface area contributed by atoms with Crippen LogP contribution in [-0.2, 0) is 0 Å². The lowest BCUT2D eigenvalue weighted by Gasteiger charge is -2.19. The molecule has 1 heterocycles. The van der Waals surface area contributed by atoms with E-state index in [0.717, 1.165) is 5.69 Å². The van der Waals surface area contributed by atoms with Crippen molar-refractivity contribution in [3.05, 3.63) is 249 Å². The molecule has 0 saturated heterocycles. The zero-order valence-corrected chi connectivity index (χ0v) is 36.6. The molecule has 0 saturated carbocycles. The van der Waals surface area contributed by atoms with Gasteiger partial charge in [0, 0.05) is 16.5 Å². The van der Waals surface area contributed by atoms with Gasteiger partial charge in [0.05, 0.1) is 11.0 Å². The molecular formula is C66H41N. The fraction of sp³-hybridized carbons (Fsp3) is 0. The smallest absolute Gasteiger partial charge is 0.0553 e. The molecule has 1 aromatic heterocycles. The maximum Gasteiger partial charge on any atom is 0.0553 e. The summed E-state index contributed by atoms with van der Waals surface area (Å²) < 4.78 is 2.54. The van der Waals surface area contributed by atoms with Gasteiger partial charge in [-0.1, -0.05) is 224 Å². The van der Waals surface area contributed by atoms with Gasteiger partial charge in [-0.25, -0.2) is 0 Å². The fourth-order valence-electron chi connectivity index (χ4n) is 11.7. The van der Waals surface area contributed by atoms with Gasteiger partial charge >= 0.3 is 0 Å². The second-order valence-electron chi connectivity index (χ2n) is 17.8. The van der Waals surface area contributed by atoms with E-state index in [1.165, 1.54) is 131 Å². The van der Waals surface area contributed by atoms with Gasteiger partial charge in [0.25, 0.3) is 0 Å². The van der Waals surface area contributed by atoms with Crippen LogP contribution in [0.2, 0.25) is 0 Å². The van der Waals surface area contributed by atoms with Crippen molar-refractivity contribution in [1.82, 2.24) is 4.57 Å². The minimum absolute atomic E-state index is 1.13. The molecule has 0 spiro atoms. The first-order valence-corrected chi connectivity index (χ1v) is 23.3. The normalized spacial score (nSPS) is 11.9. The highest BCUT2D eigenvalue weighted by atomic mass is 15.0. The highest BCUT2D eigenvalue weighted by Gasteiger charge is 2.26. The van der Waals surface area contributed by atoms with E-state index in [4.69, 9.17) is 0 Å². The van der Waals surface area contributed by atoms with Crippen LogP contribution in [0.15, 0.2) is 249 Å². The number of rotatable bonds is 5. The SMILES string of the molecule is c1ccc(-c2c3ccccc3c(-c3cc4c(c5ccccc35)c3c5ccccc5c(-c5c6ccccc6c(-c6ccccc6)c6ccccc56)cc3n4-c3ccccc3)c3ccccc23)cc1. The first-order valence-electron chi connectivity index (χ1n) is 23.3. The fourth-order valence-corrected chi connectivity index (χ4v) is 11.7. The molecule has 0 aliphatic heterocycles. The highest BCUT2D eigenvalue weighted by Crippen LogP contribution is 2.52. The van der Waals surface area contributed by atoms with Crippen molar-refractivity contribution in [2.24, 2.45) is 0 Å². The Morgan fingerprint density at radius 2 is 0.463 bits per heavy atom. The number of nitrogens with zero attached hydrogens (tertiary/aromatic N) is 1. The first-order chi connectivity index (χ1) is 33.3. The molecule has 0 aliphatic carbocycles. The molecule has 14 rings (SSSR count). The third kappa shape index (κ3) is 5.56. The van der Waals surface area contributed by atoms with Gasteiger partial charge in [-0.05, 0) is 133 Å². The topological polar surface area (TPSA) is 4.93 Å². The van der Waals surface area contributed by atoms with Gasteiger partial charge in [-0.15, -0.1) is 0 Å². The molecule has 0 aliphatic rings. The van der Waals surface area contributed by atoms with Gasteiger partial charge in [-0.2, -0.15) is 0 Å². The van der Waals surface area contributed by atoms with Gasteiger partial charge in [0.2, 0.25) is 0 Å². The van der Waals surface area contributed by atoms with Crippen LogP contribution in [0.4, 0.5) is 0 Å². The second-order valence-corrected chi connectivity index (χ2v) is 17.8. The molecule has 0 fully saturated rings. The van der Waals surface area contributed by atoms with Gasteiger partial charge in [0.1, 0.15) is 0 Å². The summed E-state index contributed by atoms with van der Waals surface area (Å²) in [6.07, 6.45) is 0. The molecule has 0 amide bonds. The molecule has 0 bridgehead atoms. The number of para-hydroxylation sites is 1. The van der Waals surface area contributed by atoms with Crippen LogP contribution < -0.4 is 0 Å². The van der Waals surface area contributed by atoms with Crippen molar-refractivity contribution in [2.75, 3.05) is 0 Å². The molecule has 310 valence electrons. The van der Waals surface area contributed by atoms with E-state index < -0.39 is 0 Å². The van der Waals surface area contributed by atoms with Crippen LogP contribution in [0.5, 0.6) is 0 Å². The molecule has 0 radical (unpaired) electrons. The predicted molar refractivity (Wildman–Crippen MR) is 288 cm³/mol. The summed E-state index contributed by atoms with van der Waals surface area (Å²) in [6, 6.07) is 92.1. The zero-order chi connectivity index (χ0) is 44.0. The quantitative estimate of drug-likeness (QED) is 0.152. The summed E-state index contributed by atoms with van der Waals surface area (Å²) in [6.45, 7) is 0. The van der Waals surface area contributed by atoms with Gasteiger partial charge in [0.15, 0.2) is 0 Å². The third-order valence-electron chi connectivity index (χ3n) is 14.3. The van der Waals surface area contributed by atoms with Crippen molar-refractivity contribution in [3.63, 3.8) is 0 Å². The van der Waals surface area contributed by atoms with Crippen molar-refractivity contribution >= 4 is 86.4 Å². The van der Waals surface area contributed by atoms with E-state index >= 15 is 0 Å². The van der Waals surface area contributed by atoms with E-state index in [1.54, 1.807) is 0 Å². The van der Waals surface area contributed by atoms with E-state index in [1.807, 2.05) is 0 Å². The Kier molecular flexibility index (Phi) is 8.35. The van der Waals surface area contributed by atoms with E-state index in [9.17, 15) is 0 Å². The molecule has 0 unspecified atom stereocenters. The third-order valence-corrected chi connectivity index (χ3v) is 14.3.